The fraction of sp³-hybridized carbons (Fsp3) is 0.526. The summed E-state index contributed by atoms with van der Waals surface area (Å²) in [6, 6.07) is 5.68. The summed E-state index contributed by atoms with van der Waals surface area (Å²) in [6.07, 6.45) is 1.09. The number of ether oxygens (including phenoxy) is 1. The van der Waals surface area contributed by atoms with Gasteiger partial charge in [-0.15, -0.1) is 0 Å². The first-order valence-electron chi connectivity index (χ1n) is 8.77. The average Bonchev–Trinajstić information content (AvgIpc) is 2.58. The molecule has 26 heavy (non-hydrogen) atoms. The highest BCUT2D eigenvalue weighted by Crippen LogP contribution is 2.21. The zero-order valence-electron chi connectivity index (χ0n) is 15.3. The lowest BCUT2D eigenvalue weighted by atomic mass is 9.92. The van der Waals surface area contributed by atoms with Crippen molar-refractivity contribution in [2.24, 2.45) is 11.8 Å². The first-order valence-corrected chi connectivity index (χ1v) is 9.15. The van der Waals surface area contributed by atoms with Gasteiger partial charge in [0, 0.05) is 13.1 Å². The molecule has 3 atom stereocenters. The van der Waals surface area contributed by atoms with E-state index in [0.717, 1.165) is 6.42 Å². The molecule has 0 aromatic heterocycles. The molecule has 0 aliphatic carbocycles. The summed E-state index contributed by atoms with van der Waals surface area (Å²) in [7, 11) is 0. The summed E-state index contributed by atoms with van der Waals surface area (Å²) in [6.45, 7) is 6.76. The fourth-order valence-electron chi connectivity index (χ4n) is 3.19. The van der Waals surface area contributed by atoms with Crippen molar-refractivity contribution >= 4 is 29.4 Å². The quantitative estimate of drug-likeness (QED) is 0.796. The highest BCUT2D eigenvalue weighted by atomic mass is 35.5. The number of carbonyl (C=O) groups is 3. The fourth-order valence-corrected chi connectivity index (χ4v) is 3.42. The number of amides is 2. The van der Waals surface area contributed by atoms with Crippen molar-refractivity contribution in [2.45, 2.75) is 33.2 Å². The molecule has 0 unspecified atom stereocenters. The minimum absolute atomic E-state index is 0.207. The van der Waals surface area contributed by atoms with E-state index in [4.69, 9.17) is 16.3 Å². The molecule has 1 aromatic rings. The number of rotatable bonds is 5. The lowest BCUT2D eigenvalue weighted by Gasteiger charge is -2.34. The molecule has 7 heteroatoms. The Labute approximate surface area is 158 Å². The molecule has 6 nitrogen and oxygen atoms in total. The molecule has 0 spiro atoms. The van der Waals surface area contributed by atoms with Crippen molar-refractivity contribution < 1.29 is 19.1 Å². The molecule has 2 rings (SSSR count). The summed E-state index contributed by atoms with van der Waals surface area (Å²) in [5, 5.41) is 2.83. The largest absolute Gasteiger partial charge is 0.454 e. The van der Waals surface area contributed by atoms with Crippen LogP contribution in [0.5, 0.6) is 0 Å². The Bertz CT molecular complexity index is 669. The molecule has 1 fully saturated rings. The Balaban J connectivity index is 1.82. The third-order valence-corrected chi connectivity index (χ3v) is 4.71. The van der Waals surface area contributed by atoms with Gasteiger partial charge in [0.2, 0.25) is 0 Å². The van der Waals surface area contributed by atoms with E-state index in [1.54, 1.807) is 29.2 Å². The predicted molar refractivity (Wildman–Crippen MR) is 98.9 cm³/mol. The standard InChI is InChI=1S/C19H25ClN2O4/c1-12-8-13(2)10-22(9-12)17(23)11-26-19(25)14(3)21-18(24)15-6-4-5-7-16(15)20/h4-7,12-14H,8-11H2,1-3H3,(H,21,24)/t12-,13-,14-/m0/s1. The van der Waals surface area contributed by atoms with Crippen LogP contribution < -0.4 is 5.32 Å². The van der Waals surface area contributed by atoms with Gasteiger partial charge < -0.3 is 15.0 Å². The molecule has 0 radical (unpaired) electrons. The first kappa shape index (κ1) is 20.2. The molecule has 0 bridgehead atoms. The molecule has 142 valence electrons. The highest BCUT2D eigenvalue weighted by molar-refractivity contribution is 6.33. The van der Waals surface area contributed by atoms with Gasteiger partial charge in [-0.05, 0) is 37.3 Å². The topological polar surface area (TPSA) is 75.7 Å². The van der Waals surface area contributed by atoms with Crippen LogP contribution in [0.25, 0.3) is 0 Å². The number of benzene rings is 1. The number of esters is 1. The number of likely N-dealkylation sites (tertiary alicyclic amines) is 1. The van der Waals surface area contributed by atoms with Crippen molar-refractivity contribution in [2.75, 3.05) is 19.7 Å². The number of hydrogen-bond acceptors (Lipinski definition) is 4. The van der Waals surface area contributed by atoms with E-state index in [2.05, 4.69) is 19.2 Å². The van der Waals surface area contributed by atoms with E-state index < -0.39 is 17.9 Å². The average molecular weight is 381 g/mol. The molecule has 1 aromatic carbocycles. The van der Waals surface area contributed by atoms with Gasteiger partial charge in [0.05, 0.1) is 10.6 Å². The molecular formula is C19H25ClN2O4. The zero-order valence-corrected chi connectivity index (χ0v) is 16.1. The summed E-state index contributed by atoms with van der Waals surface area (Å²) in [5.74, 6) is -0.456. The Morgan fingerprint density at radius 3 is 2.46 bits per heavy atom. The Morgan fingerprint density at radius 2 is 1.85 bits per heavy atom. The third kappa shape index (κ3) is 5.46. The molecule has 0 saturated carbocycles. The van der Waals surface area contributed by atoms with Crippen molar-refractivity contribution in [1.82, 2.24) is 10.2 Å². The number of carbonyl (C=O) groups excluding carboxylic acids is 3. The van der Waals surface area contributed by atoms with Gasteiger partial charge >= 0.3 is 5.97 Å². The van der Waals surface area contributed by atoms with Crippen molar-refractivity contribution in [1.29, 1.82) is 0 Å². The van der Waals surface area contributed by atoms with E-state index in [0.29, 0.717) is 29.9 Å². The van der Waals surface area contributed by atoms with E-state index in [-0.39, 0.29) is 18.1 Å². The molecule has 1 aliphatic rings. The van der Waals surface area contributed by atoms with Crippen LogP contribution in [0, 0.1) is 11.8 Å². The number of nitrogens with zero attached hydrogens (tertiary/aromatic N) is 1. The number of piperidine rings is 1. The lowest BCUT2D eigenvalue weighted by Crippen LogP contribution is -2.45. The van der Waals surface area contributed by atoms with Crippen LogP contribution in [-0.4, -0.2) is 48.4 Å². The highest BCUT2D eigenvalue weighted by Gasteiger charge is 2.27. The minimum atomic E-state index is -0.884. The Hall–Kier alpha value is -2.08. The molecule has 1 heterocycles. The molecule has 1 aliphatic heterocycles. The minimum Gasteiger partial charge on any atom is -0.454 e. The van der Waals surface area contributed by atoms with Crippen LogP contribution in [-0.2, 0) is 14.3 Å². The van der Waals surface area contributed by atoms with Crippen LogP contribution in [0.2, 0.25) is 5.02 Å². The normalized spacial score (nSPS) is 21.0. The predicted octanol–water partition coefficient (Wildman–Crippen LogP) is 2.51. The first-order chi connectivity index (χ1) is 12.3. The monoisotopic (exact) mass is 380 g/mol. The van der Waals surface area contributed by atoms with Crippen LogP contribution in [0.3, 0.4) is 0 Å². The SMILES string of the molecule is C[C@H]1C[C@H](C)CN(C(=O)COC(=O)[C@H](C)NC(=O)c2ccccc2Cl)C1. The molecular weight excluding hydrogens is 356 g/mol. The number of hydrogen-bond donors (Lipinski definition) is 1. The van der Waals surface area contributed by atoms with Crippen LogP contribution >= 0.6 is 11.6 Å². The maximum Gasteiger partial charge on any atom is 0.328 e. The molecule has 1 N–H and O–H groups in total. The lowest BCUT2D eigenvalue weighted by molar-refractivity contribution is -0.154. The Kier molecular flexibility index (Phi) is 7.03. The number of nitrogens with one attached hydrogen (secondary N) is 1. The van der Waals surface area contributed by atoms with Gasteiger partial charge in [0.15, 0.2) is 6.61 Å². The van der Waals surface area contributed by atoms with Crippen LogP contribution in [0.4, 0.5) is 0 Å². The zero-order chi connectivity index (χ0) is 19.3. The maximum atomic E-state index is 12.2. The molecule has 1 saturated heterocycles. The van der Waals surface area contributed by atoms with Crippen molar-refractivity contribution in [3.63, 3.8) is 0 Å². The summed E-state index contributed by atoms with van der Waals surface area (Å²) in [4.78, 5) is 38.2. The Morgan fingerprint density at radius 1 is 1.23 bits per heavy atom. The third-order valence-electron chi connectivity index (χ3n) is 4.38. The van der Waals surface area contributed by atoms with Crippen LogP contribution in [0.15, 0.2) is 24.3 Å². The maximum absolute atomic E-state index is 12.2. The van der Waals surface area contributed by atoms with E-state index in [1.807, 2.05) is 0 Å². The van der Waals surface area contributed by atoms with Gasteiger partial charge in [-0.2, -0.15) is 0 Å². The summed E-state index contributed by atoms with van der Waals surface area (Å²) >= 11 is 5.97. The van der Waals surface area contributed by atoms with Crippen molar-refractivity contribution in [3.05, 3.63) is 34.9 Å². The molecule has 2 amide bonds. The van der Waals surface area contributed by atoms with Crippen molar-refractivity contribution in [3.8, 4) is 0 Å². The van der Waals surface area contributed by atoms with Gasteiger partial charge in [-0.1, -0.05) is 37.6 Å². The van der Waals surface area contributed by atoms with Crippen LogP contribution in [0.1, 0.15) is 37.6 Å². The van der Waals surface area contributed by atoms with Gasteiger partial charge in [0.1, 0.15) is 6.04 Å². The second-order valence-corrected chi connectivity index (χ2v) is 7.43. The second-order valence-electron chi connectivity index (χ2n) is 7.03. The smallest absolute Gasteiger partial charge is 0.328 e. The van der Waals surface area contributed by atoms with Gasteiger partial charge in [-0.3, -0.25) is 9.59 Å². The van der Waals surface area contributed by atoms with Gasteiger partial charge in [-0.25, -0.2) is 4.79 Å². The van der Waals surface area contributed by atoms with E-state index in [9.17, 15) is 14.4 Å². The van der Waals surface area contributed by atoms with E-state index >= 15 is 0 Å². The second kappa shape index (κ2) is 9.03. The summed E-state index contributed by atoms with van der Waals surface area (Å²) < 4.78 is 5.08. The number of halogens is 1. The van der Waals surface area contributed by atoms with Gasteiger partial charge in [0.25, 0.3) is 11.8 Å². The summed E-state index contributed by atoms with van der Waals surface area (Å²) in [5.41, 5.74) is 0.279. The van der Waals surface area contributed by atoms with E-state index in [1.165, 1.54) is 6.92 Å².